The standard InChI is InChI=1S/C23H18ClN5OS/c24-15-6-11-20(26-14-15)28-13-3-5-19(28)22-21(18-4-1-2-12-25-18)27-23(31)29(22)16-7-9-17(30)10-8-16/h1-14,21-22,30H,(H,27,31)/t21-,22-/m1/s1. The monoisotopic (exact) mass is 447 g/mol. The molecule has 0 spiro atoms. The van der Waals surface area contributed by atoms with E-state index in [4.69, 9.17) is 23.8 Å². The lowest BCUT2D eigenvalue weighted by Gasteiger charge is -2.28. The zero-order valence-electron chi connectivity index (χ0n) is 16.3. The highest BCUT2D eigenvalue weighted by atomic mass is 35.5. The molecule has 154 valence electrons. The Morgan fingerprint density at radius 1 is 0.968 bits per heavy atom. The number of nitrogens with one attached hydrogen (secondary N) is 1. The van der Waals surface area contributed by atoms with Crippen molar-refractivity contribution in [3.05, 3.63) is 102 Å². The molecular weight excluding hydrogens is 430 g/mol. The summed E-state index contributed by atoms with van der Waals surface area (Å²) in [6.45, 7) is 0. The van der Waals surface area contributed by atoms with Crippen molar-refractivity contribution >= 4 is 34.6 Å². The minimum absolute atomic E-state index is 0.177. The Balaban J connectivity index is 1.66. The SMILES string of the molecule is Oc1ccc(N2C(=S)N[C@H](c3ccccn3)[C@H]2c2cccn2-c2ccc(Cl)cn2)cc1. The molecule has 0 saturated carbocycles. The van der Waals surface area contributed by atoms with E-state index in [2.05, 4.69) is 26.3 Å². The van der Waals surface area contributed by atoms with Gasteiger partial charge in [-0.1, -0.05) is 17.7 Å². The van der Waals surface area contributed by atoms with Crippen LogP contribution in [0.1, 0.15) is 23.5 Å². The number of phenolic OH excluding ortho intramolecular Hbond substituents is 1. The zero-order chi connectivity index (χ0) is 21.4. The van der Waals surface area contributed by atoms with Crippen LogP contribution in [-0.2, 0) is 0 Å². The first kappa shape index (κ1) is 19.5. The highest BCUT2D eigenvalue weighted by Gasteiger charge is 2.42. The first-order chi connectivity index (χ1) is 15.1. The molecule has 0 aliphatic carbocycles. The van der Waals surface area contributed by atoms with Crippen LogP contribution in [0.4, 0.5) is 5.69 Å². The molecule has 4 heterocycles. The average Bonchev–Trinajstić information content (AvgIpc) is 3.40. The fraction of sp³-hybridized carbons (Fsp3) is 0.0870. The van der Waals surface area contributed by atoms with Crippen molar-refractivity contribution in [2.45, 2.75) is 12.1 Å². The number of phenols is 1. The van der Waals surface area contributed by atoms with Gasteiger partial charge >= 0.3 is 0 Å². The molecule has 1 aliphatic rings. The molecule has 31 heavy (non-hydrogen) atoms. The van der Waals surface area contributed by atoms with Crippen LogP contribution in [-0.4, -0.2) is 24.8 Å². The maximum absolute atomic E-state index is 9.76. The quantitative estimate of drug-likeness (QED) is 0.438. The lowest BCUT2D eigenvalue weighted by Crippen LogP contribution is -2.30. The summed E-state index contributed by atoms with van der Waals surface area (Å²) in [7, 11) is 0. The number of benzene rings is 1. The molecule has 1 fully saturated rings. The molecule has 1 aromatic carbocycles. The molecule has 8 heteroatoms. The lowest BCUT2D eigenvalue weighted by atomic mass is 10.0. The third-order valence-corrected chi connectivity index (χ3v) is 5.81. The lowest BCUT2D eigenvalue weighted by molar-refractivity contribution is 0.475. The molecular formula is C23H18ClN5OS. The summed E-state index contributed by atoms with van der Waals surface area (Å²) in [6, 6.07) is 20.2. The largest absolute Gasteiger partial charge is 0.508 e. The zero-order valence-corrected chi connectivity index (χ0v) is 17.8. The number of pyridine rings is 2. The molecule has 1 aliphatic heterocycles. The van der Waals surface area contributed by atoms with Crippen molar-refractivity contribution < 1.29 is 5.11 Å². The molecule has 4 aromatic rings. The number of aromatic nitrogens is 3. The van der Waals surface area contributed by atoms with Gasteiger partial charge in [-0.05, 0) is 72.9 Å². The van der Waals surface area contributed by atoms with Crippen LogP contribution in [0.2, 0.25) is 5.02 Å². The average molecular weight is 448 g/mol. The van der Waals surface area contributed by atoms with Crippen LogP contribution in [0, 0.1) is 0 Å². The molecule has 2 atom stereocenters. The summed E-state index contributed by atoms with van der Waals surface area (Å²) < 4.78 is 2.03. The predicted molar refractivity (Wildman–Crippen MR) is 125 cm³/mol. The van der Waals surface area contributed by atoms with E-state index in [0.29, 0.717) is 10.1 Å². The smallest absolute Gasteiger partial charge is 0.174 e. The van der Waals surface area contributed by atoms with Gasteiger partial charge in [-0.25, -0.2) is 4.98 Å². The van der Waals surface area contributed by atoms with Gasteiger partial charge in [0.1, 0.15) is 17.6 Å². The predicted octanol–water partition coefficient (Wildman–Crippen LogP) is 4.80. The molecule has 0 radical (unpaired) electrons. The van der Waals surface area contributed by atoms with E-state index in [0.717, 1.165) is 22.9 Å². The number of halogens is 1. The van der Waals surface area contributed by atoms with Gasteiger partial charge in [-0.2, -0.15) is 0 Å². The molecule has 6 nitrogen and oxygen atoms in total. The topological polar surface area (TPSA) is 66.2 Å². The van der Waals surface area contributed by atoms with E-state index >= 15 is 0 Å². The van der Waals surface area contributed by atoms with E-state index in [1.165, 1.54) is 0 Å². The molecule has 2 N–H and O–H groups in total. The van der Waals surface area contributed by atoms with Gasteiger partial charge in [0.05, 0.1) is 16.8 Å². The molecule has 1 saturated heterocycles. The van der Waals surface area contributed by atoms with E-state index in [1.54, 1.807) is 24.5 Å². The first-order valence-corrected chi connectivity index (χ1v) is 10.5. The van der Waals surface area contributed by atoms with E-state index < -0.39 is 0 Å². The van der Waals surface area contributed by atoms with Crippen molar-refractivity contribution in [3.63, 3.8) is 0 Å². The number of rotatable bonds is 4. The molecule has 3 aromatic heterocycles. The number of nitrogens with zero attached hydrogens (tertiary/aromatic N) is 4. The Morgan fingerprint density at radius 3 is 2.52 bits per heavy atom. The maximum atomic E-state index is 9.76. The van der Waals surface area contributed by atoms with Crippen LogP contribution in [0.5, 0.6) is 5.75 Å². The number of thiocarbonyl (C=S) groups is 1. The number of hydrogen-bond donors (Lipinski definition) is 2. The molecule has 0 unspecified atom stereocenters. The number of hydrogen-bond acceptors (Lipinski definition) is 4. The van der Waals surface area contributed by atoms with Gasteiger partial charge < -0.3 is 19.9 Å². The maximum Gasteiger partial charge on any atom is 0.174 e. The van der Waals surface area contributed by atoms with Gasteiger partial charge in [0.2, 0.25) is 0 Å². The summed E-state index contributed by atoms with van der Waals surface area (Å²) in [5.74, 6) is 0.959. The summed E-state index contributed by atoms with van der Waals surface area (Å²) in [5.41, 5.74) is 2.74. The van der Waals surface area contributed by atoms with Crippen LogP contribution in [0.15, 0.2) is 85.3 Å². The van der Waals surface area contributed by atoms with Crippen molar-refractivity contribution in [2.75, 3.05) is 4.90 Å². The minimum atomic E-state index is -0.195. The third-order valence-electron chi connectivity index (χ3n) is 5.27. The highest BCUT2D eigenvalue weighted by Crippen LogP contribution is 2.42. The Bertz CT molecular complexity index is 1210. The first-order valence-electron chi connectivity index (χ1n) is 9.71. The normalized spacial score (nSPS) is 18.2. The fourth-order valence-corrected chi connectivity index (χ4v) is 4.36. The summed E-state index contributed by atoms with van der Waals surface area (Å²) >= 11 is 11.8. The van der Waals surface area contributed by atoms with Crippen LogP contribution >= 0.6 is 23.8 Å². The second-order valence-electron chi connectivity index (χ2n) is 7.15. The van der Waals surface area contributed by atoms with Gasteiger partial charge in [0.25, 0.3) is 0 Å². The van der Waals surface area contributed by atoms with Gasteiger partial charge in [0, 0.05) is 30.0 Å². The number of aromatic hydroxyl groups is 1. The van der Waals surface area contributed by atoms with Crippen molar-refractivity contribution in [1.82, 2.24) is 19.9 Å². The van der Waals surface area contributed by atoms with Gasteiger partial charge in [-0.3, -0.25) is 4.98 Å². The Morgan fingerprint density at radius 2 is 1.81 bits per heavy atom. The second-order valence-corrected chi connectivity index (χ2v) is 7.97. The van der Waals surface area contributed by atoms with Crippen molar-refractivity contribution in [3.8, 4) is 11.6 Å². The molecule has 5 rings (SSSR count). The van der Waals surface area contributed by atoms with E-state index in [-0.39, 0.29) is 17.8 Å². The Hall–Kier alpha value is -3.42. The summed E-state index contributed by atoms with van der Waals surface area (Å²) in [6.07, 6.45) is 5.38. The Kier molecular flexibility index (Phi) is 5.05. The minimum Gasteiger partial charge on any atom is -0.508 e. The highest BCUT2D eigenvalue weighted by molar-refractivity contribution is 7.80. The van der Waals surface area contributed by atoms with Crippen molar-refractivity contribution in [1.29, 1.82) is 0 Å². The van der Waals surface area contributed by atoms with E-state index in [9.17, 15) is 5.11 Å². The molecule has 0 amide bonds. The number of anilines is 1. The fourth-order valence-electron chi connectivity index (χ4n) is 3.90. The summed E-state index contributed by atoms with van der Waals surface area (Å²) in [4.78, 5) is 11.1. The van der Waals surface area contributed by atoms with Gasteiger partial charge in [0.15, 0.2) is 5.11 Å². The second kappa shape index (κ2) is 8.02. The Labute approximate surface area is 189 Å². The van der Waals surface area contributed by atoms with Crippen molar-refractivity contribution in [2.24, 2.45) is 0 Å². The van der Waals surface area contributed by atoms with Crippen LogP contribution in [0.25, 0.3) is 5.82 Å². The van der Waals surface area contributed by atoms with Gasteiger partial charge in [-0.15, -0.1) is 0 Å². The summed E-state index contributed by atoms with van der Waals surface area (Å²) in [5, 5.41) is 14.4. The van der Waals surface area contributed by atoms with Crippen LogP contribution in [0.3, 0.4) is 0 Å². The third kappa shape index (κ3) is 3.62. The van der Waals surface area contributed by atoms with E-state index in [1.807, 2.05) is 59.3 Å². The van der Waals surface area contributed by atoms with Crippen LogP contribution < -0.4 is 10.2 Å². The molecule has 0 bridgehead atoms.